The van der Waals surface area contributed by atoms with E-state index in [9.17, 15) is 24.3 Å². The van der Waals surface area contributed by atoms with E-state index in [1.54, 1.807) is 6.92 Å². The minimum atomic E-state index is -1.15. The average molecular weight is 525 g/mol. The second kappa shape index (κ2) is 17.4. The molecule has 1 rings (SSSR count). The second-order valence-electron chi connectivity index (χ2n) is 9.29. The van der Waals surface area contributed by atoms with Crippen LogP contribution < -0.4 is 33.2 Å². The highest BCUT2D eigenvalue weighted by atomic mass is 16.4. The van der Waals surface area contributed by atoms with Gasteiger partial charge in [0.25, 0.3) is 0 Å². The molecule has 210 valence electrons. The molecule has 13 heteroatoms. The Balaban J connectivity index is 3.03. The van der Waals surface area contributed by atoms with Crippen molar-refractivity contribution in [3.63, 3.8) is 0 Å². The number of rotatable bonds is 19. The molecule has 0 aromatic carbocycles. The lowest BCUT2D eigenvalue weighted by Crippen LogP contribution is -2.58. The molecule has 0 fully saturated rings. The minimum absolute atomic E-state index is 0.0921. The van der Waals surface area contributed by atoms with Gasteiger partial charge in [-0.15, -0.1) is 0 Å². The molecule has 1 aromatic rings. The summed E-state index contributed by atoms with van der Waals surface area (Å²) in [6, 6.07) is -3.97. The van der Waals surface area contributed by atoms with Crippen molar-refractivity contribution >= 4 is 23.7 Å². The van der Waals surface area contributed by atoms with Crippen molar-refractivity contribution in [2.75, 3.05) is 13.1 Å². The van der Waals surface area contributed by atoms with Crippen molar-refractivity contribution < 1.29 is 24.3 Å². The zero-order valence-electron chi connectivity index (χ0n) is 21.9. The monoisotopic (exact) mass is 524 g/mol. The van der Waals surface area contributed by atoms with Gasteiger partial charge in [-0.05, 0) is 51.1 Å². The van der Waals surface area contributed by atoms with Crippen LogP contribution in [0.15, 0.2) is 12.5 Å². The number of carboxylic acids is 1. The van der Waals surface area contributed by atoms with Crippen LogP contribution in [0.3, 0.4) is 0 Å². The molecule has 0 bridgehead atoms. The Bertz CT molecular complexity index is 835. The van der Waals surface area contributed by atoms with Crippen molar-refractivity contribution in [2.24, 2.45) is 23.1 Å². The van der Waals surface area contributed by atoms with Crippen molar-refractivity contribution in [1.82, 2.24) is 25.9 Å². The molecule has 1 aromatic heterocycles. The number of carboxylic acid groups (broad SMARTS) is 1. The van der Waals surface area contributed by atoms with Crippen LogP contribution in [-0.4, -0.2) is 76.0 Å². The second-order valence-corrected chi connectivity index (χ2v) is 9.29. The normalized spacial score (nSPS) is 15.2. The summed E-state index contributed by atoms with van der Waals surface area (Å²) >= 11 is 0. The number of nitrogens with two attached hydrogens (primary N) is 3. The topological polar surface area (TPSA) is 231 Å². The number of hydrogen-bond acceptors (Lipinski definition) is 8. The van der Waals surface area contributed by atoms with Gasteiger partial charge in [-0.2, -0.15) is 0 Å². The lowest BCUT2D eigenvalue weighted by Gasteiger charge is -2.26. The van der Waals surface area contributed by atoms with Gasteiger partial charge in [0.2, 0.25) is 17.7 Å². The van der Waals surface area contributed by atoms with E-state index in [4.69, 9.17) is 17.2 Å². The molecule has 1 heterocycles. The lowest BCUT2D eigenvalue weighted by molar-refractivity contribution is -0.144. The van der Waals surface area contributed by atoms with Crippen LogP contribution in [0.1, 0.15) is 64.5 Å². The van der Waals surface area contributed by atoms with Gasteiger partial charge >= 0.3 is 5.97 Å². The largest absolute Gasteiger partial charge is 0.480 e. The Labute approximate surface area is 218 Å². The van der Waals surface area contributed by atoms with Gasteiger partial charge in [-0.25, -0.2) is 9.78 Å². The first kappa shape index (κ1) is 32.0. The maximum absolute atomic E-state index is 13.3. The highest BCUT2D eigenvalue weighted by Crippen LogP contribution is 2.10. The number of unbranched alkanes of at least 4 members (excludes halogenated alkanes) is 2. The third-order valence-electron chi connectivity index (χ3n) is 6.27. The highest BCUT2D eigenvalue weighted by Gasteiger charge is 2.32. The predicted molar refractivity (Wildman–Crippen MR) is 139 cm³/mol. The van der Waals surface area contributed by atoms with Gasteiger partial charge < -0.3 is 43.2 Å². The van der Waals surface area contributed by atoms with Crippen molar-refractivity contribution in [2.45, 2.75) is 89.4 Å². The Morgan fingerprint density at radius 2 is 1.54 bits per heavy atom. The van der Waals surface area contributed by atoms with E-state index in [0.29, 0.717) is 50.9 Å². The standard InChI is InChI=1S/C24H44N8O5/c1-3-15(2)20(24(36)37)32-22(34)18(9-5-7-11-26)30-23(35)19(12-16-13-28-14-29-16)31-21(33)17(27)8-4-6-10-25/h13-15,17-20H,3-12,25-27H2,1-2H3,(H,28,29)(H,30,35)(H,31,33)(H,32,34)(H,36,37). The zero-order chi connectivity index (χ0) is 27.8. The summed E-state index contributed by atoms with van der Waals surface area (Å²) in [5.41, 5.74) is 17.7. The number of hydrogen-bond donors (Lipinski definition) is 8. The summed E-state index contributed by atoms with van der Waals surface area (Å²) in [7, 11) is 0. The Morgan fingerprint density at radius 3 is 2.08 bits per heavy atom. The Hall–Kier alpha value is -3.03. The number of H-pyrrole nitrogens is 1. The van der Waals surface area contributed by atoms with Crippen LogP contribution >= 0.6 is 0 Å². The summed E-state index contributed by atoms with van der Waals surface area (Å²) < 4.78 is 0. The molecule has 0 aliphatic rings. The van der Waals surface area contributed by atoms with Crippen LogP contribution in [0.25, 0.3) is 0 Å². The minimum Gasteiger partial charge on any atom is -0.480 e. The molecule has 0 spiro atoms. The SMILES string of the molecule is CCC(C)C(NC(=O)C(CCCCN)NC(=O)C(Cc1cnc[nH]1)NC(=O)C(N)CCCCN)C(=O)O. The smallest absolute Gasteiger partial charge is 0.326 e. The summed E-state index contributed by atoms with van der Waals surface area (Å²) in [5, 5.41) is 17.5. The number of imidazole rings is 1. The summed E-state index contributed by atoms with van der Waals surface area (Å²) in [5.74, 6) is -3.16. The molecule has 5 atom stereocenters. The Kier molecular flexibility index (Phi) is 15.1. The van der Waals surface area contributed by atoms with Gasteiger partial charge in [0.1, 0.15) is 18.1 Å². The quantitative estimate of drug-likeness (QED) is 0.105. The van der Waals surface area contributed by atoms with E-state index < -0.39 is 47.9 Å². The first-order valence-corrected chi connectivity index (χ1v) is 12.9. The number of carbonyl (C=O) groups excluding carboxylic acids is 3. The molecule has 0 radical (unpaired) electrons. The van der Waals surface area contributed by atoms with E-state index in [0.717, 1.165) is 6.42 Å². The van der Waals surface area contributed by atoms with Crippen LogP contribution in [0.2, 0.25) is 0 Å². The summed E-state index contributed by atoms with van der Waals surface area (Å²) in [4.78, 5) is 57.6. The number of aromatic nitrogens is 2. The maximum Gasteiger partial charge on any atom is 0.326 e. The fourth-order valence-corrected chi connectivity index (χ4v) is 3.71. The molecule has 0 saturated carbocycles. The zero-order valence-corrected chi connectivity index (χ0v) is 21.9. The van der Waals surface area contributed by atoms with Gasteiger partial charge in [0, 0.05) is 18.3 Å². The lowest BCUT2D eigenvalue weighted by atomic mass is 9.98. The van der Waals surface area contributed by atoms with E-state index >= 15 is 0 Å². The number of aromatic amines is 1. The van der Waals surface area contributed by atoms with Crippen molar-refractivity contribution in [3.05, 3.63) is 18.2 Å². The average Bonchev–Trinajstić information content (AvgIpc) is 3.38. The molecule has 3 amide bonds. The van der Waals surface area contributed by atoms with Crippen LogP contribution in [-0.2, 0) is 25.6 Å². The molecular weight excluding hydrogens is 480 g/mol. The van der Waals surface area contributed by atoms with Gasteiger partial charge in [-0.3, -0.25) is 14.4 Å². The number of nitrogens with one attached hydrogen (secondary N) is 4. The van der Waals surface area contributed by atoms with E-state index in [2.05, 4.69) is 25.9 Å². The van der Waals surface area contributed by atoms with E-state index in [-0.39, 0.29) is 18.8 Å². The molecule has 0 aliphatic heterocycles. The Morgan fingerprint density at radius 1 is 0.946 bits per heavy atom. The van der Waals surface area contributed by atoms with E-state index in [1.807, 2.05) is 6.92 Å². The summed E-state index contributed by atoms with van der Waals surface area (Å²) in [6.45, 7) is 4.46. The molecule has 5 unspecified atom stereocenters. The van der Waals surface area contributed by atoms with Crippen LogP contribution in [0, 0.1) is 5.92 Å². The van der Waals surface area contributed by atoms with Crippen LogP contribution in [0.5, 0.6) is 0 Å². The first-order valence-electron chi connectivity index (χ1n) is 12.9. The summed E-state index contributed by atoms with van der Waals surface area (Å²) in [6.07, 6.45) is 6.86. The van der Waals surface area contributed by atoms with Gasteiger partial charge in [-0.1, -0.05) is 26.7 Å². The van der Waals surface area contributed by atoms with E-state index in [1.165, 1.54) is 12.5 Å². The van der Waals surface area contributed by atoms with Gasteiger partial charge in [0.15, 0.2) is 0 Å². The third kappa shape index (κ3) is 11.7. The molecule has 11 N–H and O–H groups in total. The number of amides is 3. The molecule has 37 heavy (non-hydrogen) atoms. The first-order chi connectivity index (χ1) is 17.6. The van der Waals surface area contributed by atoms with Crippen molar-refractivity contribution in [1.29, 1.82) is 0 Å². The van der Waals surface area contributed by atoms with Crippen LogP contribution in [0.4, 0.5) is 0 Å². The molecule has 13 nitrogen and oxygen atoms in total. The highest BCUT2D eigenvalue weighted by molar-refractivity contribution is 5.94. The van der Waals surface area contributed by atoms with Crippen molar-refractivity contribution in [3.8, 4) is 0 Å². The van der Waals surface area contributed by atoms with Gasteiger partial charge in [0.05, 0.1) is 12.4 Å². The number of aliphatic carboxylic acids is 1. The molecule has 0 saturated heterocycles. The molecular formula is C24H44N8O5. The third-order valence-corrected chi connectivity index (χ3v) is 6.27. The maximum atomic E-state index is 13.3. The fraction of sp³-hybridized carbons (Fsp3) is 0.708. The predicted octanol–water partition coefficient (Wildman–Crippen LogP) is -0.877. The number of carbonyl (C=O) groups is 4. The molecule has 0 aliphatic carbocycles. The fourth-order valence-electron chi connectivity index (χ4n) is 3.71. The number of nitrogens with zero attached hydrogens (tertiary/aromatic N) is 1.